The monoisotopic (exact) mass is 580 g/mol. The molecule has 35 heavy (non-hydrogen) atoms. The maximum atomic E-state index is 13.7. The van der Waals surface area contributed by atoms with E-state index < -0.39 is 18.1 Å². The first-order chi connectivity index (χ1) is 16.5. The van der Waals surface area contributed by atoms with E-state index in [1.54, 1.807) is 36.4 Å². The molecule has 0 fully saturated rings. The summed E-state index contributed by atoms with van der Waals surface area (Å²) < 4.78 is 46.4. The number of alkyl halides is 3. The third-order valence-electron chi connectivity index (χ3n) is 4.94. The van der Waals surface area contributed by atoms with Gasteiger partial charge in [0.2, 0.25) is 0 Å². The molecule has 0 amide bonds. The Kier molecular flexibility index (Phi) is 9.41. The van der Waals surface area contributed by atoms with Gasteiger partial charge in [-0.3, -0.25) is 4.79 Å². The molecule has 0 aliphatic rings. The smallest absolute Gasteiger partial charge is 0.399 e. The molecule has 1 atom stereocenters. The molecular formula is C25H16Cl5F3O2. The molecule has 3 aromatic carbocycles. The lowest BCUT2D eigenvalue weighted by Gasteiger charge is -2.18. The Bertz CT molecular complexity index is 1240. The number of benzene rings is 3. The molecule has 0 N–H and O–H groups in total. The summed E-state index contributed by atoms with van der Waals surface area (Å²) in [5.74, 6) is -2.20. The number of hydrogen-bond donors (Lipinski definition) is 0. The van der Waals surface area contributed by atoms with Crippen molar-refractivity contribution < 1.29 is 22.7 Å². The zero-order chi connectivity index (χ0) is 25.8. The summed E-state index contributed by atoms with van der Waals surface area (Å²) in [5.41, 5.74) is 0.939. The van der Waals surface area contributed by atoms with E-state index in [4.69, 9.17) is 62.7 Å². The van der Waals surface area contributed by atoms with Crippen LogP contribution in [0.15, 0.2) is 60.7 Å². The van der Waals surface area contributed by atoms with Crippen molar-refractivity contribution in [1.82, 2.24) is 0 Å². The van der Waals surface area contributed by atoms with Crippen LogP contribution in [0.3, 0.4) is 0 Å². The minimum Gasteiger partial charge on any atom is -0.425 e. The number of carbonyl (C=O) groups is 1. The van der Waals surface area contributed by atoms with E-state index in [1.807, 2.05) is 0 Å². The zero-order valence-electron chi connectivity index (χ0n) is 17.7. The molecule has 184 valence electrons. The fraction of sp³-hybridized carbons (Fsp3) is 0.160. The number of para-hydroxylation sites is 1. The van der Waals surface area contributed by atoms with Crippen LogP contribution in [-0.2, 0) is 11.2 Å². The Balaban J connectivity index is 1.71. The van der Waals surface area contributed by atoms with Crippen LogP contribution >= 0.6 is 58.0 Å². The van der Waals surface area contributed by atoms with Crippen LogP contribution in [0.4, 0.5) is 13.2 Å². The standard InChI is InChI=1S/C25H16Cl5F3O2/c26-18-3-1-2-4-22(18)35-23(34)10-8-15-7-5-14(11-19(15)27)6-9-17(25(31,32)33)16-12-20(28)24(30)21(29)13-16/h1-7,9,11-13,17H,8,10H2/b9-6+. The van der Waals surface area contributed by atoms with Crippen LogP contribution < -0.4 is 4.74 Å². The molecule has 0 bridgehead atoms. The van der Waals surface area contributed by atoms with Crippen LogP contribution in [0.25, 0.3) is 6.08 Å². The van der Waals surface area contributed by atoms with Crippen LogP contribution in [0, 0.1) is 0 Å². The summed E-state index contributed by atoms with van der Waals surface area (Å²) in [4.78, 5) is 12.1. The highest BCUT2D eigenvalue weighted by atomic mass is 35.5. The highest BCUT2D eigenvalue weighted by molar-refractivity contribution is 6.48. The van der Waals surface area contributed by atoms with Gasteiger partial charge >= 0.3 is 12.1 Å². The SMILES string of the molecule is O=C(CCc1ccc(/C=C/C(c2cc(Cl)c(Cl)c(Cl)c2)C(F)(F)F)cc1Cl)Oc1ccccc1Cl. The Morgan fingerprint density at radius 3 is 2.14 bits per heavy atom. The van der Waals surface area contributed by atoms with Gasteiger partial charge in [-0.25, -0.2) is 0 Å². The molecular weight excluding hydrogens is 567 g/mol. The van der Waals surface area contributed by atoms with Gasteiger partial charge in [-0.1, -0.05) is 94.4 Å². The van der Waals surface area contributed by atoms with E-state index in [1.165, 1.54) is 12.1 Å². The predicted octanol–water partition coefficient (Wildman–Crippen LogP) is 9.85. The van der Waals surface area contributed by atoms with Crippen molar-refractivity contribution in [2.75, 3.05) is 0 Å². The first-order valence-electron chi connectivity index (χ1n) is 10.1. The summed E-state index contributed by atoms with van der Waals surface area (Å²) in [6.07, 6.45) is -1.99. The quantitative estimate of drug-likeness (QED) is 0.157. The molecule has 0 saturated carbocycles. The summed E-state index contributed by atoms with van der Waals surface area (Å²) >= 11 is 29.9. The highest BCUT2D eigenvalue weighted by Crippen LogP contribution is 2.41. The molecule has 0 aliphatic heterocycles. The molecule has 3 rings (SSSR count). The Morgan fingerprint density at radius 1 is 0.886 bits per heavy atom. The van der Waals surface area contributed by atoms with Crippen LogP contribution in [0.1, 0.15) is 29.0 Å². The van der Waals surface area contributed by atoms with Gasteiger partial charge in [0, 0.05) is 5.02 Å². The topological polar surface area (TPSA) is 26.3 Å². The summed E-state index contributed by atoms with van der Waals surface area (Å²) in [6.45, 7) is 0. The lowest BCUT2D eigenvalue weighted by molar-refractivity contribution is -0.139. The number of allylic oxidation sites excluding steroid dienone is 1. The second-order valence-corrected chi connectivity index (χ2v) is 9.44. The van der Waals surface area contributed by atoms with E-state index >= 15 is 0 Å². The third-order valence-corrected chi connectivity index (χ3v) is 6.80. The van der Waals surface area contributed by atoms with Crippen LogP contribution in [0.5, 0.6) is 5.75 Å². The maximum absolute atomic E-state index is 13.7. The van der Waals surface area contributed by atoms with Gasteiger partial charge < -0.3 is 4.74 Å². The molecule has 2 nitrogen and oxygen atoms in total. The van der Waals surface area contributed by atoms with E-state index in [2.05, 4.69) is 0 Å². The average Bonchev–Trinajstić information content (AvgIpc) is 2.77. The summed E-state index contributed by atoms with van der Waals surface area (Å²) in [6, 6.07) is 13.6. The van der Waals surface area contributed by atoms with Gasteiger partial charge in [-0.2, -0.15) is 13.2 Å². The molecule has 3 aromatic rings. The molecule has 0 saturated heterocycles. The Morgan fingerprint density at radius 2 is 1.54 bits per heavy atom. The lowest BCUT2D eigenvalue weighted by Crippen LogP contribution is -2.19. The number of esters is 1. The molecule has 0 radical (unpaired) electrons. The third kappa shape index (κ3) is 7.55. The van der Waals surface area contributed by atoms with Gasteiger partial charge in [0.15, 0.2) is 0 Å². The van der Waals surface area contributed by atoms with Crippen LogP contribution in [-0.4, -0.2) is 12.1 Å². The van der Waals surface area contributed by atoms with Crippen molar-refractivity contribution >= 4 is 70.1 Å². The van der Waals surface area contributed by atoms with Crippen molar-refractivity contribution in [3.05, 3.63) is 102 Å². The first kappa shape index (κ1) is 27.7. The molecule has 0 spiro atoms. The molecule has 0 heterocycles. The number of halogens is 8. The number of ether oxygens (including phenoxy) is 1. The van der Waals surface area contributed by atoms with Gasteiger partial charge in [0.1, 0.15) is 5.75 Å². The zero-order valence-corrected chi connectivity index (χ0v) is 21.5. The van der Waals surface area contributed by atoms with Crippen LogP contribution in [0.2, 0.25) is 25.1 Å². The van der Waals surface area contributed by atoms with E-state index in [-0.39, 0.29) is 39.2 Å². The fourth-order valence-corrected chi connectivity index (χ4v) is 4.25. The lowest BCUT2D eigenvalue weighted by atomic mass is 9.96. The van der Waals surface area contributed by atoms with E-state index in [0.29, 0.717) is 21.2 Å². The number of carbonyl (C=O) groups excluding carboxylic acids is 1. The normalized spacial score (nSPS) is 12.7. The Hall–Kier alpha value is -1.89. The van der Waals surface area contributed by atoms with Crippen molar-refractivity contribution in [3.8, 4) is 5.75 Å². The van der Waals surface area contributed by atoms with Gasteiger partial charge in [-0.15, -0.1) is 0 Å². The second-order valence-electron chi connectivity index (χ2n) is 7.43. The average molecular weight is 583 g/mol. The van der Waals surface area contributed by atoms with Crippen molar-refractivity contribution in [3.63, 3.8) is 0 Å². The molecule has 0 aliphatic carbocycles. The minimum absolute atomic E-state index is 0.0138. The first-order valence-corrected chi connectivity index (χ1v) is 12.0. The fourth-order valence-electron chi connectivity index (χ4n) is 3.18. The Labute approximate surface area is 225 Å². The molecule has 0 aromatic heterocycles. The number of hydrogen-bond acceptors (Lipinski definition) is 2. The summed E-state index contributed by atoms with van der Waals surface area (Å²) in [5, 5.41) is 0.462. The maximum Gasteiger partial charge on any atom is 0.399 e. The predicted molar refractivity (Wildman–Crippen MR) is 136 cm³/mol. The second kappa shape index (κ2) is 11.9. The van der Waals surface area contributed by atoms with E-state index in [9.17, 15) is 18.0 Å². The number of rotatable bonds is 7. The van der Waals surface area contributed by atoms with E-state index in [0.717, 1.165) is 18.2 Å². The highest BCUT2D eigenvalue weighted by Gasteiger charge is 2.39. The van der Waals surface area contributed by atoms with Crippen molar-refractivity contribution in [2.45, 2.75) is 24.9 Å². The number of aryl methyl sites for hydroxylation is 1. The van der Waals surface area contributed by atoms with Gasteiger partial charge in [0.25, 0.3) is 0 Å². The molecule has 10 heteroatoms. The minimum atomic E-state index is -4.59. The van der Waals surface area contributed by atoms with Crippen molar-refractivity contribution in [1.29, 1.82) is 0 Å². The van der Waals surface area contributed by atoms with Gasteiger partial charge in [0.05, 0.1) is 32.4 Å². The molecule has 1 unspecified atom stereocenters. The van der Waals surface area contributed by atoms with Gasteiger partial charge in [-0.05, 0) is 53.4 Å². The van der Waals surface area contributed by atoms with Crippen molar-refractivity contribution in [2.24, 2.45) is 0 Å². The summed E-state index contributed by atoms with van der Waals surface area (Å²) in [7, 11) is 0. The largest absolute Gasteiger partial charge is 0.425 e.